The number of imide groups is 1. The van der Waals surface area contributed by atoms with Crippen LogP contribution in [0.15, 0.2) is 24.3 Å². The number of carbonyl (C=O) groups is 2. The highest BCUT2D eigenvalue weighted by Crippen LogP contribution is 2.28. The molecule has 0 saturated carbocycles. The van der Waals surface area contributed by atoms with Crippen LogP contribution in [0.3, 0.4) is 0 Å². The lowest BCUT2D eigenvalue weighted by atomic mass is 10.1. The van der Waals surface area contributed by atoms with Crippen molar-refractivity contribution in [2.45, 2.75) is 20.3 Å². The van der Waals surface area contributed by atoms with Crippen molar-refractivity contribution >= 4 is 17.5 Å². The van der Waals surface area contributed by atoms with Crippen LogP contribution in [0.1, 0.15) is 18.9 Å². The molecule has 1 atom stereocenters. The number of hydrogen-bond acceptors (Lipinski definition) is 2. The molecule has 1 aromatic rings. The number of rotatable bonds is 1. The average molecular weight is 203 g/mol. The fraction of sp³-hybridized carbons (Fsp3) is 0.333. The molecule has 1 aliphatic rings. The van der Waals surface area contributed by atoms with Gasteiger partial charge in [0.05, 0.1) is 5.69 Å². The van der Waals surface area contributed by atoms with Gasteiger partial charge >= 0.3 is 0 Å². The van der Waals surface area contributed by atoms with Gasteiger partial charge in [-0.3, -0.25) is 14.5 Å². The Hall–Kier alpha value is -1.64. The van der Waals surface area contributed by atoms with E-state index in [1.54, 1.807) is 6.92 Å². The zero-order valence-corrected chi connectivity index (χ0v) is 8.86. The second-order valence-corrected chi connectivity index (χ2v) is 3.96. The van der Waals surface area contributed by atoms with Gasteiger partial charge in [-0.25, -0.2) is 0 Å². The molecule has 78 valence electrons. The number of nitrogens with zero attached hydrogens (tertiary/aromatic N) is 1. The molecule has 0 unspecified atom stereocenters. The van der Waals surface area contributed by atoms with Crippen LogP contribution < -0.4 is 4.90 Å². The number of amides is 2. The third kappa shape index (κ3) is 1.54. The molecule has 0 spiro atoms. The van der Waals surface area contributed by atoms with E-state index in [1.165, 1.54) is 4.90 Å². The molecule has 0 aliphatic carbocycles. The lowest BCUT2D eigenvalue weighted by Gasteiger charge is -2.16. The standard InChI is InChI=1S/C12H13NO2/c1-8-5-3-4-6-10(8)13-11(14)7-9(2)12(13)15/h3-6,9H,7H2,1-2H3/t9-/m1/s1. The monoisotopic (exact) mass is 203 g/mol. The van der Waals surface area contributed by atoms with Crippen molar-refractivity contribution in [2.24, 2.45) is 5.92 Å². The van der Waals surface area contributed by atoms with E-state index in [1.807, 2.05) is 31.2 Å². The molecule has 2 amide bonds. The van der Waals surface area contributed by atoms with Crippen LogP contribution in [0.25, 0.3) is 0 Å². The molecule has 1 saturated heterocycles. The molecule has 15 heavy (non-hydrogen) atoms. The predicted molar refractivity (Wildman–Crippen MR) is 57.5 cm³/mol. The Morgan fingerprint density at radius 3 is 2.47 bits per heavy atom. The topological polar surface area (TPSA) is 37.4 Å². The Labute approximate surface area is 88.7 Å². The van der Waals surface area contributed by atoms with Crippen LogP contribution in [0.4, 0.5) is 5.69 Å². The molecule has 3 nitrogen and oxygen atoms in total. The summed E-state index contributed by atoms with van der Waals surface area (Å²) in [6.07, 6.45) is 0.327. The summed E-state index contributed by atoms with van der Waals surface area (Å²) in [5, 5.41) is 0. The minimum atomic E-state index is -0.183. The highest BCUT2D eigenvalue weighted by molar-refractivity contribution is 6.21. The fourth-order valence-electron chi connectivity index (χ4n) is 1.85. The Bertz CT molecular complexity index is 425. The van der Waals surface area contributed by atoms with E-state index < -0.39 is 0 Å². The first-order valence-electron chi connectivity index (χ1n) is 5.03. The first-order valence-corrected chi connectivity index (χ1v) is 5.03. The number of carbonyl (C=O) groups excluding carboxylic acids is 2. The zero-order valence-electron chi connectivity index (χ0n) is 8.86. The van der Waals surface area contributed by atoms with Gasteiger partial charge in [0.1, 0.15) is 0 Å². The number of hydrogen-bond donors (Lipinski definition) is 0. The van der Waals surface area contributed by atoms with Crippen molar-refractivity contribution in [1.82, 2.24) is 0 Å². The quantitative estimate of drug-likeness (QED) is 0.654. The lowest BCUT2D eigenvalue weighted by molar-refractivity contribution is -0.122. The fourth-order valence-corrected chi connectivity index (χ4v) is 1.85. The largest absolute Gasteiger partial charge is 0.274 e. The molecule has 0 bridgehead atoms. The molecule has 1 heterocycles. The van der Waals surface area contributed by atoms with E-state index in [0.717, 1.165) is 11.3 Å². The van der Waals surface area contributed by atoms with E-state index in [2.05, 4.69) is 0 Å². The van der Waals surface area contributed by atoms with Gasteiger partial charge in [0, 0.05) is 12.3 Å². The molecule has 1 fully saturated rings. The SMILES string of the molecule is Cc1ccccc1N1C(=O)C[C@@H](C)C1=O. The van der Waals surface area contributed by atoms with Crippen molar-refractivity contribution in [3.05, 3.63) is 29.8 Å². The second-order valence-electron chi connectivity index (χ2n) is 3.96. The van der Waals surface area contributed by atoms with Crippen molar-refractivity contribution in [3.8, 4) is 0 Å². The zero-order chi connectivity index (χ0) is 11.0. The second kappa shape index (κ2) is 3.50. The summed E-state index contributed by atoms with van der Waals surface area (Å²) in [4.78, 5) is 24.7. The molecular formula is C12H13NO2. The maximum atomic E-state index is 11.8. The molecule has 1 aromatic carbocycles. The first-order chi connectivity index (χ1) is 7.11. The van der Waals surface area contributed by atoms with Crippen LogP contribution in [-0.2, 0) is 9.59 Å². The average Bonchev–Trinajstić information content (AvgIpc) is 2.43. The van der Waals surface area contributed by atoms with Crippen molar-refractivity contribution in [2.75, 3.05) is 4.90 Å². The Morgan fingerprint density at radius 1 is 1.27 bits per heavy atom. The van der Waals surface area contributed by atoms with Gasteiger partial charge in [-0.1, -0.05) is 25.1 Å². The smallest absolute Gasteiger partial charge is 0.237 e. The molecule has 2 rings (SSSR count). The van der Waals surface area contributed by atoms with Gasteiger partial charge in [-0.05, 0) is 18.6 Å². The maximum Gasteiger partial charge on any atom is 0.237 e. The van der Waals surface area contributed by atoms with Crippen LogP contribution in [-0.4, -0.2) is 11.8 Å². The number of para-hydroxylation sites is 1. The summed E-state index contributed by atoms with van der Waals surface area (Å²) in [6, 6.07) is 7.45. The lowest BCUT2D eigenvalue weighted by Crippen LogP contribution is -2.30. The summed E-state index contributed by atoms with van der Waals surface area (Å²) in [5.74, 6) is -0.367. The molecule has 0 N–H and O–H groups in total. The number of benzene rings is 1. The van der Waals surface area contributed by atoms with E-state index in [9.17, 15) is 9.59 Å². The molecule has 3 heteroatoms. The van der Waals surface area contributed by atoms with E-state index >= 15 is 0 Å². The molecule has 0 aromatic heterocycles. The highest BCUT2D eigenvalue weighted by Gasteiger charge is 2.36. The van der Waals surface area contributed by atoms with Gasteiger partial charge in [-0.15, -0.1) is 0 Å². The minimum absolute atomic E-state index is 0.0886. The van der Waals surface area contributed by atoms with Crippen molar-refractivity contribution in [3.63, 3.8) is 0 Å². The predicted octanol–water partition coefficient (Wildman–Crippen LogP) is 1.89. The van der Waals surface area contributed by atoms with E-state index in [0.29, 0.717) is 6.42 Å². The van der Waals surface area contributed by atoms with Crippen LogP contribution in [0.5, 0.6) is 0 Å². The Balaban J connectivity index is 2.44. The third-order valence-corrected chi connectivity index (χ3v) is 2.73. The van der Waals surface area contributed by atoms with Crippen LogP contribution in [0.2, 0.25) is 0 Å². The van der Waals surface area contributed by atoms with Gasteiger partial charge < -0.3 is 0 Å². The minimum Gasteiger partial charge on any atom is -0.274 e. The summed E-state index contributed by atoms with van der Waals surface area (Å²) < 4.78 is 0. The van der Waals surface area contributed by atoms with Crippen LogP contribution in [0, 0.1) is 12.8 Å². The summed E-state index contributed by atoms with van der Waals surface area (Å²) in [6.45, 7) is 3.69. The summed E-state index contributed by atoms with van der Waals surface area (Å²) in [7, 11) is 0. The van der Waals surface area contributed by atoms with Gasteiger partial charge in [0.25, 0.3) is 0 Å². The molecule has 0 radical (unpaired) electrons. The van der Waals surface area contributed by atoms with Gasteiger partial charge in [0.15, 0.2) is 0 Å². The molecule has 1 aliphatic heterocycles. The highest BCUT2D eigenvalue weighted by atomic mass is 16.2. The number of anilines is 1. The van der Waals surface area contributed by atoms with E-state index in [4.69, 9.17) is 0 Å². The van der Waals surface area contributed by atoms with Crippen molar-refractivity contribution < 1.29 is 9.59 Å². The number of aryl methyl sites for hydroxylation is 1. The normalized spacial score (nSPS) is 21.2. The summed E-state index contributed by atoms with van der Waals surface area (Å²) >= 11 is 0. The van der Waals surface area contributed by atoms with E-state index in [-0.39, 0.29) is 17.7 Å². The summed E-state index contributed by atoms with van der Waals surface area (Å²) in [5.41, 5.74) is 1.67. The molecular weight excluding hydrogens is 190 g/mol. The van der Waals surface area contributed by atoms with Crippen LogP contribution >= 0.6 is 0 Å². The van der Waals surface area contributed by atoms with Gasteiger partial charge in [-0.2, -0.15) is 0 Å². The Morgan fingerprint density at radius 2 is 1.93 bits per heavy atom. The third-order valence-electron chi connectivity index (χ3n) is 2.73. The maximum absolute atomic E-state index is 11.8. The first kappa shape index (κ1) is 9.90. The van der Waals surface area contributed by atoms with Crippen molar-refractivity contribution in [1.29, 1.82) is 0 Å². The Kier molecular flexibility index (Phi) is 2.31. The van der Waals surface area contributed by atoms with Gasteiger partial charge in [0.2, 0.25) is 11.8 Å².